The number of carbonyl (C=O) groups excluding carboxylic acids is 1. The Morgan fingerprint density at radius 2 is 1.95 bits per heavy atom. The Hall–Kier alpha value is -3.94. The topological polar surface area (TPSA) is 114 Å². The summed E-state index contributed by atoms with van der Waals surface area (Å²) in [4.78, 5) is 24.1. The minimum atomic E-state index is -0.408. The van der Waals surface area contributed by atoms with E-state index < -0.39 is 6.10 Å². The summed E-state index contributed by atoms with van der Waals surface area (Å²) in [6.07, 6.45) is 4.03. The molecule has 1 heterocycles. The molecule has 190 valence electrons. The summed E-state index contributed by atoms with van der Waals surface area (Å²) in [7, 11) is 0. The summed E-state index contributed by atoms with van der Waals surface area (Å²) in [5, 5.41) is 11.7. The Morgan fingerprint density at radius 3 is 2.73 bits per heavy atom. The molecule has 1 unspecified atom stereocenters. The molecule has 7 nitrogen and oxygen atoms in total. The fourth-order valence-electron chi connectivity index (χ4n) is 4.95. The third-order valence-electron chi connectivity index (χ3n) is 6.84. The van der Waals surface area contributed by atoms with Gasteiger partial charge in [0, 0.05) is 29.8 Å². The highest BCUT2D eigenvalue weighted by Crippen LogP contribution is 2.39. The van der Waals surface area contributed by atoms with Crippen LogP contribution in [0.2, 0.25) is 0 Å². The zero-order chi connectivity index (χ0) is 25.9. The van der Waals surface area contributed by atoms with Crippen molar-refractivity contribution in [3.05, 3.63) is 88.5 Å². The number of aliphatic imine (C=N–C) groups is 1. The van der Waals surface area contributed by atoms with Crippen molar-refractivity contribution in [2.24, 2.45) is 10.7 Å². The summed E-state index contributed by atoms with van der Waals surface area (Å²) in [6.45, 7) is 2.72. The second-order valence-electron chi connectivity index (χ2n) is 9.57. The first-order chi connectivity index (χ1) is 17.9. The Bertz CT molecular complexity index is 1380. The van der Waals surface area contributed by atoms with Crippen LogP contribution in [-0.2, 0) is 22.7 Å². The number of hydroxylamine groups is 2. The molecule has 37 heavy (non-hydrogen) atoms. The fourth-order valence-corrected chi connectivity index (χ4v) is 4.95. The van der Waals surface area contributed by atoms with Gasteiger partial charge in [0.2, 0.25) is 0 Å². The second kappa shape index (κ2) is 10.6. The Morgan fingerprint density at radius 1 is 1.14 bits per heavy atom. The maximum absolute atomic E-state index is 13.5. The van der Waals surface area contributed by atoms with E-state index in [2.05, 4.69) is 11.1 Å². The lowest BCUT2D eigenvalue weighted by molar-refractivity contribution is -0.187. The van der Waals surface area contributed by atoms with E-state index in [9.17, 15) is 9.90 Å². The quantitative estimate of drug-likeness (QED) is 0.312. The average molecular weight is 497 g/mol. The van der Waals surface area contributed by atoms with Gasteiger partial charge in [0.25, 0.3) is 5.91 Å². The van der Waals surface area contributed by atoms with E-state index in [1.54, 1.807) is 0 Å². The van der Waals surface area contributed by atoms with Gasteiger partial charge >= 0.3 is 0 Å². The molecule has 0 bridgehead atoms. The number of carbonyl (C=O) groups is 1. The Kier molecular flexibility index (Phi) is 7.08. The van der Waals surface area contributed by atoms with E-state index in [0.717, 1.165) is 52.8 Å². The molecule has 0 radical (unpaired) electrons. The first-order valence-electron chi connectivity index (χ1n) is 12.7. The number of rotatable bonds is 7. The van der Waals surface area contributed by atoms with E-state index in [1.807, 2.05) is 67.6 Å². The first-order valence-corrected chi connectivity index (χ1v) is 12.7. The predicted molar refractivity (Wildman–Crippen MR) is 147 cm³/mol. The number of hydrogen-bond acceptors (Lipinski definition) is 6. The monoisotopic (exact) mass is 496 g/mol. The summed E-state index contributed by atoms with van der Waals surface area (Å²) in [5.41, 5.74) is 20.0. The third-order valence-corrected chi connectivity index (χ3v) is 6.84. The smallest absolute Gasteiger partial charge is 0.273 e. The van der Waals surface area contributed by atoms with Crippen LogP contribution in [0.1, 0.15) is 54.5 Å². The molecule has 0 spiro atoms. The summed E-state index contributed by atoms with van der Waals surface area (Å²) < 4.78 is 0. The molecule has 5 rings (SSSR count). The van der Waals surface area contributed by atoms with Crippen molar-refractivity contribution in [1.29, 1.82) is 0 Å². The average Bonchev–Trinajstić information content (AvgIpc) is 3.19. The highest BCUT2D eigenvalue weighted by atomic mass is 16.7. The van der Waals surface area contributed by atoms with E-state index in [1.165, 1.54) is 10.6 Å². The third kappa shape index (κ3) is 5.28. The molecule has 0 aromatic heterocycles. The van der Waals surface area contributed by atoms with Crippen molar-refractivity contribution in [3.8, 4) is 11.1 Å². The van der Waals surface area contributed by atoms with Crippen LogP contribution in [0.5, 0.6) is 0 Å². The summed E-state index contributed by atoms with van der Waals surface area (Å²) >= 11 is 0. The van der Waals surface area contributed by atoms with Crippen LogP contribution in [0.15, 0.2) is 71.2 Å². The highest BCUT2D eigenvalue weighted by Gasteiger charge is 2.25. The van der Waals surface area contributed by atoms with Crippen molar-refractivity contribution in [2.45, 2.75) is 45.3 Å². The lowest BCUT2D eigenvalue weighted by Crippen LogP contribution is -2.34. The molecule has 1 aliphatic carbocycles. The minimum Gasteiger partial charge on any atom is -0.399 e. The van der Waals surface area contributed by atoms with Crippen molar-refractivity contribution in [2.75, 3.05) is 12.3 Å². The van der Waals surface area contributed by atoms with Crippen molar-refractivity contribution in [1.82, 2.24) is 5.06 Å². The molecule has 0 saturated heterocycles. The van der Waals surface area contributed by atoms with E-state index in [0.29, 0.717) is 23.6 Å². The molecule has 3 aromatic carbocycles. The van der Waals surface area contributed by atoms with Crippen molar-refractivity contribution >= 4 is 29.2 Å². The molecule has 1 amide bonds. The number of nitrogens with zero attached hydrogens (tertiary/aromatic N) is 2. The maximum Gasteiger partial charge on any atom is 0.273 e. The zero-order valence-corrected chi connectivity index (χ0v) is 21.0. The molecule has 3 aromatic rings. The normalized spacial score (nSPS) is 16.3. The number of anilines is 1. The second-order valence-corrected chi connectivity index (χ2v) is 9.57. The molecule has 7 heteroatoms. The standard InChI is InChI=1S/C30H32N4O3/c1-2-14-34(37-18-19-6-10-23(31)11-7-19)30(36)22-15-21-9-8-20(16-27(21)33-29(32)17-22)24-4-3-5-26-25(24)12-13-28(26)35/h3-11,15-16,28,35H,2,12-14,17-18,31H2,1H3,(H2,32,33). The van der Waals surface area contributed by atoms with Gasteiger partial charge in [-0.2, -0.15) is 0 Å². The number of fused-ring (bicyclic) bond motifs is 2. The van der Waals surface area contributed by atoms with Gasteiger partial charge in [0.1, 0.15) is 12.4 Å². The minimum absolute atomic E-state index is 0.220. The lowest BCUT2D eigenvalue weighted by atomic mass is 9.95. The van der Waals surface area contributed by atoms with Crippen LogP contribution in [0.3, 0.4) is 0 Å². The molecule has 0 saturated carbocycles. The van der Waals surface area contributed by atoms with Crippen LogP contribution in [0, 0.1) is 0 Å². The Balaban J connectivity index is 1.41. The largest absolute Gasteiger partial charge is 0.399 e. The van der Waals surface area contributed by atoms with Crippen molar-refractivity contribution in [3.63, 3.8) is 0 Å². The van der Waals surface area contributed by atoms with Gasteiger partial charge in [-0.3, -0.25) is 9.63 Å². The van der Waals surface area contributed by atoms with Crippen LogP contribution >= 0.6 is 0 Å². The highest BCUT2D eigenvalue weighted by molar-refractivity contribution is 6.05. The number of benzene rings is 3. The molecule has 0 fully saturated rings. The van der Waals surface area contributed by atoms with Gasteiger partial charge in [-0.1, -0.05) is 49.4 Å². The molecular formula is C30H32N4O3. The molecule has 5 N–H and O–H groups in total. The van der Waals surface area contributed by atoms with Gasteiger partial charge in [0.15, 0.2) is 0 Å². The van der Waals surface area contributed by atoms with Crippen LogP contribution < -0.4 is 11.5 Å². The number of nitrogens with two attached hydrogens (primary N) is 2. The summed E-state index contributed by atoms with van der Waals surface area (Å²) in [6, 6.07) is 19.5. The van der Waals surface area contributed by atoms with E-state index in [4.69, 9.17) is 16.3 Å². The Labute approximate surface area is 217 Å². The SMILES string of the molecule is CCCN(OCc1ccc(N)cc1)C(=O)C1=Cc2ccc(-c3cccc4c3CCC4O)cc2N=C(N)C1. The zero-order valence-electron chi connectivity index (χ0n) is 21.0. The molecule has 2 aliphatic rings. The number of hydrogen-bond donors (Lipinski definition) is 3. The number of aliphatic hydroxyl groups is 1. The first kappa shape index (κ1) is 24.7. The maximum atomic E-state index is 13.5. The molecule has 1 atom stereocenters. The van der Waals surface area contributed by atoms with Gasteiger partial charge in [-0.05, 0) is 71.4 Å². The number of nitrogen functional groups attached to an aromatic ring is 1. The van der Waals surface area contributed by atoms with Gasteiger partial charge in [-0.15, -0.1) is 0 Å². The van der Waals surface area contributed by atoms with Gasteiger partial charge in [0.05, 0.1) is 11.8 Å². The number of amides is 1. The predicted octanol–water partition coefficient (Wildman–Crippen LogP) is 5.06. The number of amidine groups is 1. The summed E-state index contributed by atoms with van der Waals surface area (Å²) in [5.74, 6) is 0.154. The van der Waals surface area contributed by atoms with Gasteiger partial charge < -0.3 is 16.6 Å². The van der Waals surface area contributed by atoms with E-state index >= 15 is 0 Å². The number of aliphatic hydroxyl groups excluding tert-OH is 1. The molecular weight excluding hydrogens is 464 g/mol. The van der Waals surface area contributed by atoms with Crippen LogP contribution in [0.4, 0.5) is 11.4 Å². The van der Waals surface area contributed by atoms with Crippen LogP contribution in [-0.4, -0.2) is 28.5 Å². The lowest BCUT2D eigenvalue weighted by Gasteiger charge is -2.22. The molecule has 1 aliphatic heterocycles. The fraction of sp³-hybridized carbons (Fsp3) is 0.267. The van der Waals surface area contributed by atoms with E-state index in [-0.39, 0.29) is 18.9 Å². The van der Waals surface area contributed by atoms with Crippen LogP contribution in [0.25, 0.3) is 17.2 Å². The van der Waals surface area contributed by atoms with Crippen molar-refractivity contribution < 1.29 is 14.7 Å². The van der Waals surface area contributed by atoms with Gasteiger partial charge in [-0.25, -0.2) is 10.1 Å².